The van der Waals surface area contributed by atoms with Gasteiger partial charge in [-0.3, -0.25) is 4.52 Å². The average molecular weight is 397 g/mol. The van der Waals surface area contributed by atoms with Gasteiger partial charge in [-0.05, 0) is 13.3 Å². The fourth-order valence-electron chi connectivity index (χ4n) is 2.81. The topological polar surface area (TPSA) is 85.2 Å². The van der Waals surface area contributed by atoms with Gasteiger partial charge in [0.05, 0.1) is 13.2 Å². The first-order valence-electron chi connectivity index (χ1n) is 10.4. The molecule has 1 unspecified atom stereocenters. The number of hydrogen-bond donors (Lipinski definition) is 2. The highest BCUT2D eigenvalue weighted by atomic mass is 31.2. The normalized spacial score (nSPS) is 13.2. The van der Waals surface area contributed by atoms with Crippen LogP contribution in [0.25, 0.3) is 0 Å². The minimum atomic E-state index is -4.51. The average Bonchev–Trinajstić information content (AvgIpc) is 2.58. The Labute approximate surface area is 160 Å². The maximum Gasteiger partial charge on any atom is 0.470 e. The van der Waals surface area contributed by atoms with E-state index in [1.165, 1.54) is 64.2 Å². The van der Waals surface area contributed by atoms with Gasteiger partial charge in [0.1, 0.15) is 6.10 Å². The molecule has 0 aromatic heterocycles. The molecule has 1 atom stereocenters. The van der Waals surface area contributed by atoms with Gasteiger partial charge in [-0.2, -0.15) is 0 Å². The second kappa shape index (κ2) is 18.4. The maximum absolute atomic E-state index is 10.9. The van der Waals surface area contributed by atoms with Crippen LogP contribution in [0.2, 0.25) is 0 Å². The molecule has 0 amide bonds. The molecule has 0 radical (unpaired) electrons. The molecule has 0 heterocycles. The van der Waals surface area contributed by atoms with Gasteiger partial charge in [0.2, 0.25) is 0 Å². The molecule has 0 saturated heterocycles. The molecule has 6 nitrogen and oxygen atoms in total. The van der Waals surface area contributed by atoms with E-state index in [4.69, 9.17) is 19.3 Å². The van der Waals surface area contributed by atoms with Crippen LogP contribution in [-0.2, 0) is 18.6 Å². The minimum absolute atomic E-state index is 0.125. The molecule has 26 heavy (non-hydrogen) atoms. The van der Waals surface area contributed by atoms with Crippen LogP contribution in [0, 0.1) is 0 Å². The van der Waals surface area contributed by atoms with Gasteiger partial charge in [-0.25, -0.2) is 4.57 Å². The SMILES string of the molecule is CCCCCCCCCCCCCCOCC(COCC)OP(=O)(O)O. The van der Waals surface area contributed by atoms with Crippen molar-refractivity contribution < 1.29 is 28.3 Å². The lowest BCUT2D eigenvalue weighted by molar-refractivity contribution is -0.0163. The first-order valence-corrected chi connectivity index (χ1v) is 11.9. The molecule has 0 aliphatic carbocycles. The van der Waals surface area contributed by atoms with Crippen LogP contribution < -0.4 is 0 Å². The summed E-state index contributed by atoms with van der Waals surface area (Å²) in [6, 6.07) is 0. The van der Waals surface area contributed by atoms with E-state index in [2.05, 4.69) is 11.4 Å². The van der Waals surface area contributed by atoms with E-state index in [9.17, 15) is 4.57 Å². The zero-order valence-electron chi connectivity index (χ0n) is 16.9. The molecule has 2 N–H and O–H groups in total. The van der Waals surface area contributed by atoms with E-state index in [1.54, 1.807) is 0 Å². The fourth-order valence-corrected chi connectivity index (χ4v) is 3.32. The second-order valence-electron chi connectivity index (χ2n) is 6.84. The number of ether oxygens (including phenoxy) is 2. The van der Waals surface area contributed by atoms with Gasteiger partial charge in [-0.1, -0.05) is 77.6 Å². The van der Waals surface area contributed by atoms with Crippen molar-refractivity contribution in [2.75, 3.05) is 26.4 Å². The predicted octanol–water partition coefficient (Wildman–Crippen LogP) is 5.22. The van der Waals surface area contributed by atoms with Crippen molar-refractivity contribution >= 4 is 7.82 Å². The Morgan fingerprint density at radius 1 is 0.731 bits per heavy atom. The summed E-state index contributed by atoms with van der Waals surface area (Å²) in [6.07, 6.45) is 14.8. The lowest BCUT2D eigenvalue weighted by atomic mass is 10.1. The predicted molar refractivity (Wildman–Crippen MR) is 105 cm³/mol. The first-order chi connectivity index (χ1) is 12.5. The van der Waals surface area contributed by atoms with Crippen LogP contribution in [0.3, 0.4) is 0 Å². The Bertz CT molecular complexity index is 334. The Morgan fingerprint density at radius 3 is 1.65 bits per heavy atom. The highest BCUT2D eigenvalue weighted by Gasteiger charge is 2.22. The third-order valence-corrected chi connectivity index (χ3v) is 4.81. The largest absolute Gasteiger partial charge is 0.470 e. The molecule has 0 aliphatic heterocycles. The van der Waals surface area contributed by atoms with Crippen molar-refractivity contribution in [3.05, 3.63) is 0 Å². The maximum atomic E-state index is 10.9. The number of phosphoric acid groups is 1. The minimum Gasteiger partial charge on any atom is -0.379 e. The molecule has 7 heteroatoms. The number of rotatable bonds is 20. The zero-order chi connectivity index (χ0) is 19.5. The van der Waals surface area contributed by atoms with Crippen LogP contribution in [0.15, 0.2) is 0 Å². The highest BCUT2D eigenvalue weighted by Crippen LogP contribution is 2.37. The summed E-state index contributed by atoms with van der Waals surface area (Å²) in [5, 5.41) is 0. The molecule has 0 aromatic carbocycles. The van der Waals surface area contributed by atoms with E-state index >= 15 is 0 Å². The molecule has 0 bridgehead atoms. The standard InChI is InChI=1S/C19H41O6P/c1-3-5-6-7-8-9-10-11-12-13-14-15-16-24-18-19(17-23-4-2)25-26(20,21)22/h19H,3-18H2,1-2H3,(H2,20,21,22). The smallest absolute Gasteiger partial charge is 0.379 e. The van der Waals surface area contributed by atoms with E-state index in [0.29, 0.717) is 13.2 Å². The van der Waals surface area contributed by atoms with E-state index < -0.39 is 13.9 Å². The molecule has 0 aliphatic rings. The van der Waals surface area contributed by atoms with Gasteiger partial charge < -0.3 is 19.3 Å². The Balaban J connectivity index is 3.43. The lowest BCUT2D eigenvalue weighted by Gasteiger charge is -2.18. The Kier molecular flexibility index (Phi) is 18.4. The van der Waals surface area contributed by atoms with Crippen molar-refractivity contribution in [3.8, 4) is 0 Å². The monoisotopic (exact) mass is 396 g/mol. The quantitative estimate of drug-likeness (QED) is 0.217. The summed E-state index contributed by atoms with van der Waals surface area (Å²) in [5.41, 5.74) is 0. The van der Waals surface area contributed by atoms with Crippen molar-refractivity contribution in [1.29, 1.82) is 0 Å². The number of hydrogen-bond acceptors (Lipinski definition) is 4. The summed E-state index contributed by atoms with van der Waals surface area (Å²) in [7, 11) is -4.51. The molecule has 0 spiro atoms. The van der Waals surface area contributed by atoms with E-state index in [-0.39, 0.29) is 13.2 Å². The summed E-state index contributed by atoms with van der Waals surface area (Å²) < 4.78 is 26.2. The number of unbranched alkanes of at least 4 members (excludes halogenated alkanes) is 11. The molecular weight excluding hydrogens is 355 g/mol. The van der Waals surface area contributed by atoms with Crippen molar-refractivity contribution in [2.24, 2.45) is 0 Å². The third-order valence-electron chi connectivity index (χ3n) is 4.24. The summed E-state index contributed by atoms with van der Waals surface area (Å²) in [5.74, 6) is 0. The van der Waals surface area contributed by atoms with Crippen LogP contribution in [-0.4, -0.2) is 42.3 Å². The number of phosphoric ester groups is 1. The van der Waals surface area contributed by atoms with Gasteiger partial charge in [0, 0.05) is 13.2 Å². The summed E-state index contributed by atoms with van der Waals surface area (Å²) in [6.45, 7) is 5.40. The molecule has 158 valence electrons. The van der Waals surface area contributed by atoms with Gasteiger partial charge >= 0.3 is 7.82 Å². The van der Waals surface area contributed by atoms with Crippen molar-refractivity contribution in [3.63, 3.8) is 0 Å². The Morgan fingerprint density at radius 2 is 1.19 bits per heavy atom. The molecule has 0 rings (SSSR count). The van der Waals surface area contributed by atoms with Crippen LogP contribution >= 0.6 is 7.82 Å². The van der Waals surface area contributed by atoms with Gasteiger partial charge in [-0.15, -0.1) is 0 Å². The van der Waals surface area contributed by atoms with Gasteiger partial charge in [0.15, 0.2) is 0 Å². The first kappa shape index (κ1) is 26.0. The summed E-state index contributed by atoms with van der Waals surface area (Å²) >= 11 is 0. The Hall–Kier alpha value is 0.0300. The van der Waals surface area contributed by atoms with Crippen molar-refractivity contribution in [2.45, 2.75) is 97.0 Å². The molecule has 0 fully saturated rings. The second-order valence-corrected chi connectivity index (χ2v) is 8.03. The van der Waals surface area contributed by atoms with Gasteiger partial charge in [0.25, 0.3) is 0 Å². The van der Waals surface area contributed by atoms with E-state index in [0.717, 1.165) is 12.8 Å². The third kappa shape index (κ3) is 20.3. The molecular formula is C19H41O6P. The van der Waals surface area contributed by atoms with Crippen LogP contribution in [0.4, 0.5) is 0 Å². The molecule has 0 saturated carbocycles. The fraction of sp³-hybridized carbons (Fsp3) is 1.00. The van der Waals surface area contributed by atoms with Crippen molar-refractivity contribution in [1.82, 2.24) is 0 Å². The van der Waals surface area contributed by atoms with E-state index in [1.807, 2.05) is 6.92 Å². The summed E-state index contributed by atoms with van der Waals surface area (Å²) in [4.78, 5) is 17.8. The molecule has 0 aromatic rings. The van der Waals surface area contributed by atoms with Crippen LogP contribution in [0.5, 0.6) is 0 Å². The van der Waals surface area contributed by atoms with Crippen LogP contribution in [0.1, 0.15) is 90.9 Å². The highest BCUT2D eigenvalue weighted by molar-refractivity contribution is 7.46. The zero-order valence-corrected chi connectivity index (χ0v) is 17.8. The lowest BCUT2D eigenvalue weighted by Crippen LogP contribution is -2.25.